The number of para-hydroxylation sites is 1. The maximum absolute atomic E-state index is 5.72. The van der Waals surface area contributed by atoms with Gasteiger partial charge in [0.1, 0.15) is 0 Å². The van der Waals surface area contributed by atoms with Crippen LogP contribution in [-0.2, 0) is 6.54 Å². The van der Waals surface area contributed by atoms with Crippen LogP contribution >= 0.6 is 0 Å². The summed E-state index contributed by atoms with van der Waals surface area (Å²) >= 11 is 0. The molecule has 0 amide bonds. The van der Waals surface area contributed by atoms with E-state index < -0.39 is 0 Å². The van der Waals surface area contributed by atoms with Gasteiger partial charge in [-0.2, -0.15) is 0 Å². The number of hydrogen-bond acceptors (Lipinski definition) is 3. The first-order valence-corrected chi connectivity index (χ1v) is 5.37. The lowest BCUT2D eigenvalue weighted by Gasteiger charge is -2.14. The summed E-state index contributed by atoms with van der Waals surface area (Å²) in [6.45, 7) is 5.06. The predicted molar refractivity (Wildman–Crippen MR) is 66.1 cm³/mol. The summed E-state index contributed by atoms with van der Waals surface area (Å²) in [6.07, 6.45) is 2.67. The van der Waals surface area contributed by atoms with Crippen molar-refractivity contribution in [2.75, 3.05) is 20.8 Å². The normalized spacial score (nSPS) is 9.88. The van der Waals surface area contributed by atoms with Crippen molar-refractivity contribution in [3.8, 4) is 11.5 Å². The smallest absolute Gasteiger partial charge is 0.165 e. The fourth-order valence-corrected chi connectivity index (χ4v) is 1.46. The summed E-state index contributed by atoms with van der Waals surface area (Å²) in [5.41, 5.74) is 1.10. The summed E-state index contributed by atoms with van der Waals surface area (Å²) in [7, 11) is 3.56. The zero-order chi connectivity index (χ0) is 11.8. The summed E-state index contributed by atoms with van der Waals surface area (Å²) in [5, 5.41) is 3.11. The Kier molecular flexibility index (Phi) is 5.43. The molecule has 0 radical (unpaired) electrons. The molecular weight excluding hydrogens is 202 g/mol. The van der Waals surface area contributed by atoms with Crippen molar-refractivity contribution >= 4 is 0 Å². The average molecular weight is 221 g/mol. The Morgan fingerprint density at radius 3 is 2.88 bits per heavy atom. The van der Waals surface area contributed by atoms with E-state index in [9.17, 15) is 0 Å². The van der Waals surface area contributed by atoms with Crippen LogP contribution in [0.4, 0.5) is 0 Å². The minimum atomic E-state index is 0.626. The Hall–Kier alpha value is -1.48. The van der Waals surface area contributed by atoms with E-state index in [1.807, 2.05) is 31.3 Å². The Bertz CT molecular complexity index is 337. The molecule has 0 saturated heterocycles. The van der Waals surface area contributed by atoms with E-state index in [1.165, 1.54) is 0 Å². The third kappa shape index (κ3) is 3.28. The Balaban J connectivity index is 2.85. The molecule has 16 heavy (non-hydrogen) atoms. The van der Waals surface area contributed by atoms with Crippen LogP contribution in [0.25, 0.3) is 0 Å². The average Bonchev–Trinajstić information content (AvgIpc) is 2.31. The quantitative estimate of drug-likeness (QED) is 0.566. The van der Waals surface area contributed by atoms with E-state index >= 15 is 0 Å². The van der Waals surface area contributed by atoms with Crippen LogP contribution in [0.5, 0.6) is 11.5 Å². The van der Waals surface area contributed by atoms with Crippen LogP contribution in [0.15, 0.2) is 30.9 Å². The highest BCUT2D eigenvalue weighted by Crippen LogP contribution is 2.31. The van der Waals surface area contributed by atoms with Gasteiger partial charge in [-0.25, -0.2) is 0 Å². The van der Waals surface area contributed by atoms with E-state index in [4.69, 9.17) is 9.47 Å². The van der Waals surface area contributed by atoms with E-state index in [0.717, 1.165) is 30.0 Å². The molecule has 0 unspecified atom stereocenters. The van der Waals surface area contributed by atoms with Crippen molar-refractivity contribution in [2.45, 2.75) is 13.0 Å². The van der Waals surface area contributed by atoms with Gasteiger partial charge in [-0.05, 0) is 19.5 Å². The van der Waals surface area contributed by atoms with Gasteiger partial charge < -0.3 is 14.8 Å². The molecule has 88 valence electrons. The van der Waals surface area contributed by atoms with Gasteiger partial charge in [0.05, 0.1) is 13.7 Å². The van der Waals surface area contributed by atoms with Crippen molar-refractivity contribution in [1.29, 1.82) is 0 Å². The molecule has 0 spiro atoms. The molecule has 0 aliphatic heterocycles. The first-order valence-electron chi connectivity index (χ1n) is 5.37. The van der Waals surface area contributed by atoms with Gasteiger partial charge >= 0.3 is 0 Å². The van der Waals surface area contributed by atoms with E-state index in [0.29, 0.717) is 6.61 Å². The van der Waals surface area contributed by atoms with Crippen LogP contribution in [0.3, 0.4) is 0 Å². The first-order chi connectivity index (χ1) is 7.83. The van der Waals surface area contributed by atoms with Crippen molar-refractivity contribution in [3.05, 3.63) is 36.4 Å². The monoisotopic (exact) mass is 221 g/mol. The highest BCUT2D eigenvalue weighted by molar-refractivity contribution is 5.46. The summed E-state index contributed by atoms with van der Waals surface area (Å²) in [4.78, 5) is 0. The molecule has 3 nitrogen and oxygen atoms in total. The molecule has 0 bridgehead atoms. The van der Waals surface area contributed by atoms with Crippen molar-refractivity contribution in [3.63, 3.8) is 0 Å². The second-order valence-electron chi connectivity index (χ2n) is 3.40. The molecule has 0 heterocycles. The molecule has 1 rings (SSSR count). The second kappa shape index (κ2) is 6.90. The predicted octanol–water partition coefficient (Wildman–Crippen LogP) is 2.37. The lowest BCUT2D eigenvalue weighted by molar-refractivity contribution is 0.296. The van der Waals surface area contributed by atoms with E-state index in [2.05, 4.69) is 11.9 Å². The lowest BCUT2D eigenvalue weighted by Crippen LogP contribution is -2.08. The minimum Gasteiger partial charge on any atom is -0.493 e. The third-order valence-corrected chi connectivity index (χ3v) is 2.22. The van der Waals surface area contributed by atoms with Gasteiger partial charge in [-0.15, -0.1) is 6.58 Å². The SMILES string of the molecule is C=CCCOc1c(CNC)cccc1OC. The van der Waals surface area contributed by atoms with Gasteiger partial charge in [-0.3, -0.25) is 0 Å². The maximum atomic E-state index is 5.72. The Labute approximate surface area is 97.1 Å². The molecule has 0 fully saturated rings. The largest absolute Gasteiger partial charge is 0.493 e. The number of rotatable bonds is 7. The molecule has 0 atom stereocenters. The maximum Gasteiger partial charge on any atom is 0.165 e. The highest BCUT2D eigenvalue weighted by atomic mass is 16.5. The number of benzene rings is 1. The lowest BCUT2D eigenvalue weighted by atomic mass is 10.2. The minimum absolute atomic E-state index is 0.626. The molecule has 1 aromatic carbocycles. The van der Waals surface area contributed by atoms with Crippen molar-refractivity contribution < 1.29 is 9.47 Å². The molecule has 1 aromatic rings. The third-order valence-electron chi connectivity index (χ3n) is 2.22. The van der Waals surface area contributed by atoms with Crippen LogP contribution in [-0.4, -0.2) is 20.8 Å². The van der Waals surface area contributed by atoms with Gasteiger partial charge in [0, 0.05) is 12.1 Å². The molecule has 1 N–H and O–H groups in total. The number of ether oxygens (including phenoxy) is 2. The number of methoxy groups -OCH3 is 1. The van der Waals surface area contributed by atoms with Crippen LogP contribution in [0.1, 0.15) is 12.0 Å². The standard InChI is InChI=1S/C13H19NO2/c1-4-5-9-16-13-11(10-14-2)7-6-8-12(13)15-3/h4,6-8,14H,1,5,9-10H2,2-3H3. The highest BCUT2D eigenvalue weighted by Gasteiger charge is 2.09. The Morgan fingerprint density at radius 1 is 1.44 bits per heavy atom. The summed E-state index contributed by atoms with van der Waals surface area (Å²) in [6, 6.07) is 5.90. The van der Waals surface area contributed by atoms with E-state index in [1.54, 1.807) is 7.11 Å². The molecule has 0 aromatic heterocycles. The van der Waals surface area contributed by atoms with Gasteiger partial charge in [0.25, 0.3) is 0 Å². The summed E-state index contributed by atoms with van der Waals surface area (Å²) < 4.78 is 11.0. The fourth-order valence-electron chi connectivity index (χ4n) is 1.46. The van der Waals surface area contributed by atoms with Gasteiger partial charge in [0.2, 0.25) is 0 Å². The molecular formula is C13H19NO2. The van der Waals surface area contributed by atoms with Crippen LogP contribution < -0.4 is 14.8 Å². The fraction of sp³-hybridized carbons (Fsp3) is 0.385. The topological polar surface area (TPSA) is 30.5 Å². The molecule has 3 heteroatoms. The zero-order valence-corrected chi connectivity index (χ0v) is 9.95. The number of hydrogen-bond donors (Lipinski definition) is 1. The van der Waals surface area contributed by atoms with Gasteiger partial charge in [-0.1, -0.05) is 18.2 Å². The van der Waals surface area contributed by atoms with Crippen LogP contribution in [0, 0.1) is 0 Å². The Morgan fingerprint density at radius 2 is 2.25 bits per heavy atom. The number of nitrogens with one attached hydrogen (secondary N) is 1. The molecule has 0 saturated carbocycles. The summed E-state index contributed by atoms with van der Waals surface area (Å²) in [5.74, 6) is 1.60. The first kappa shape index (κ1) is 12.6. The molecule has 0 aliphatic rings. The second-order valence-corrected chi connectivity index (χ2v) is 3.40. The van der Waals surface area contributed by atoms with E-state index in [-0.39, 0.29) is 0 Å². The van der Waals surface area contributed by atoms with Crippen molar-refractivity contribution in [2.24, 2.45) is 0 Å². The van der Waals surface area contributed by atoms with Crippen LogP contribution in [0.2, 0.25) is 0 Å². The molecule has 0 aliphatic carbocycles. The van der Waals surface area contributed by atoms with Gasteiger partial charge in [0.15, 0.2) is 11.5 Å². The zero-order valence-electron chi connectivity index (χ0n) is 9.95. The van der Waals surface area contributed by atoms with Crippen molar-refractivity contribution in [1.82, 2.24) is 5.32 Å².